The standard InChI is InChI=1S/C8H7N.C4H9NO/c1-7-2-4-8(6-9)5-3-7;1-3-6-4-2-5-1/h2-5H,1H3;5H,1-4H2. The Morgan fingerprint density at radius 3 is 2.13 bits per heavy atom. The first-order chi connectivity index (χ1) is 7.33. The maximum absolute atomic E-state index is 8.38. The summed E-state index contributed by atoms with van der Waals surface area (Å²) in [4.78, 5) is 0. The predicted octanol–water partition coefficient (Wildman–Crippen LogP) is 1.47. The summed E-state index contributed by atoms with van der Waals surface area (Å²) < 4.78 is 5.01. The Kier molecular flexibility index (Phi) is 5.46. The summed E-state index contributed by atoms with van der Waals surface area (Å²) in [6.07, 6.45) is 0. The molecule has 0 saturated carbocycles. The highest BCUT2D eigenvalue weighted by atomic mass is 16.5. The molecule has 1 aliphatic rings. The van der Waals surface area contributed by atoms with Gasteiger partial charge in [0.25, 0.3) is 0 Å². The zero-order valence-corrected chi connectivity index (χ0v) is 8.99. The average molecular weight is 204 g/mol. The molecule has 0 radical (unpaired) electrons. The van der Waals surface area contributed by atoms with Crippen molar-refractivity contribution in [3.63, 3.8) is 0 Å². The van der Waals surface area contributed by atoms with Gasteiger partial charge >= 0.3 is 0 Å². The molecular formula is C12H16N2O. The van der Waals surface area contributed by atoms with Crippen molar-refractivity contribution >= 4 is 0 Å². The quantitative estimate of drug-likeness (QED) is 0.696. The first kappa shape index (κ1) is 11.7. The zero-order valence-electron chi connectivity index (χ0n) is 8.99. The van der Waals surface area contributed by atoms with Crippen LogP contribution in [0.3, 0.4) is 0 Å². The van der Waals surface area contributed by atoms with Crippen LogP contribution < -0.4 is 5.32 Å². The van der Waals surface area contributed by atoms with Gasteiger partial charge in [0.2, 0.25) is 0 Å². The second-order valence-corrected chi connectivity index (χ2v) is 3.34. The van der Waals surface area contributed by atoms with E-state index in [4.69, 9.17) is 10.00 Å². The van der Waals surface area contributed by atoms with E-state index in [1.807, 2.05) is 31.2 Å². The Morgan fingerprint density at radius 2 is 1.80 bits per heavy atom. The van der Waals surface area contributed by atoms with Gasteiger partial charge < -0.3 is 10.1 Å². The van der Waals surface area contributed by atoms with Gasteiger partial charge in [-0.3, -0.25) is 0 Å². The predicted molar refractivity (Wildman–Crippen MR) is 59.6 cm³/mol. The molecule has 0 spiro atoms. The lowest BCUT2D eigenvalue weighted by molar-refractivity contribution is 0.109. The number of nitrogens with one attached hydrogen (secondary N) is 1. The smallest absolute Gasteiger partial charge is 0.0991 e. The minimum Gasteiger partial charge on any atom is -0.379 e. The molecule has 0 aromatic heterocycles. The third kappa shape index (κ3) is 5.16. The van der Waals surface area contributed by atoms with Crippen molar-refractivity contribution in [2.24, 2.45) is 0 Å². The highest BCUT2D eigenvalue weighted by Gasteiger charge is 1.93. The largest absolute Gasteiger partial charge is 0.379 e. The van der Waals surface area contributed by atoms with Gasteiger partial charge in [0.15, 0.2) is 0 Å². The van der Waals surface area contributed by atoms with Crippen molar-refractivity contribution < 1.29 is 4.74 Å². The topological polar surface area (TPSA) is 45.0 Å². The molecule has 1 fully saturated rings. The number of ether oxygens (including phenoxy) is 1. The van der Waals surface area contributed by atoms with Crippen LogP contribution in [0.2, 0.25) is 0 Å². The number of nitrogens with zero attached hydrogens (tertiary/aromatic N) is 1. The summed E-state index contributed by atoms with van der Waals surface area (Å²) >= 11 is 0. The lowest BCUT2D eigenvalue weighted by Crippen LogP contribution is -2.30. The van der Waals surface area contributed by atoms with Crippen LogP contribution in [0.25, 0.3) is 0 Å². The normalized spacial score (nSPS) is 14.7. The third-order valence-electron chi connectivity index (χ3n) is 2.03. The fraction of sp³-hybridized carbons (Fsp3) is 0.417. The summed E-state index contributed by atoms with van der Waals surface area (Å²) in [5.74, 6) is 0. The molecule has 3 heteroatoms. The van der Waals surface area contributed by atoms with Gasteiger partial charge in [-0.15, -0.1) is 0 Å². The fourth-order valence-corrected chi connectivity index (χ4v) is 1.14. The molecule has 1 heterocycles. The second kappa shape index (κ2) is 6.99. The SMILES string of the molecule is C1COCCN1.Cc1ccc(C#N)cc1. The molecule has 1 saturated heterocycles. The fourth-order valence-electron chi connectivity index (χ4n) is 1.14. The van der Waals surface area contributed by atoms with Crippen LogP contribution in [0.5, 0.6) is 0 Å². The van der Waals surface area contributed by atoms with Crippen LogP contribution >= 0.6 is 0 Å². The Balaban J connectivity index is 0.000000162. The van der Waals surface area contributed by atoms with Gasteiger partial charge in [-0.05, 0) is 19.1 Å². The minimum atomic E-state index is 0.723. The van der Waals surface area contributed by atoms with Gasteiger partial charge in [-0.25, -0.2) is 0 Å². The van der Waals surface area contributed by atoms with Gasteiger partial charge in [0.1, 0.15) is 0 Å². The number of aryl methyl sites for hydroxylation is 1. The molecule has 3 nitrogen and oxygen atoms in total. The van der Waals surface area contributed by atoms with Gasteiger partial charge in [-0.1, -0.05) is 17.7 Å². The number of hydrogen-bond donors (Lipinski definition) is 1. The summed E-state index contributed by atoms with van der Waals surface area (Å²) in [6, 6.07) is 9.54. The third-order valence-corrected chi connectivity index (χ3v) is 2.03. The number of rotatable bonds is 0. The zero-order chi connectivity index (χ0) is 10.9. The lowest BCUT2D eigenvalue weighted by atomic mass is 10.2. The molecule has 0 atom stereocenters. The molecule has 0 amide bonds. The monoisotopic (exact) mass is 204 g/mol. The number of nitriles is 1. The van der Waals surface area contributed by atoms with Crippen molar-refractivity contribution in [3.8, 4) is 6.07 Å². The van der Waals surface area contributed by atoms with E-state index in [1.165, 1.54) is 5.56 Å². The Bertz CT molecular complexity index is 298. The summed E-state index contributed by atoms with van der Waals surface area (Å²) in [5, 5.41) is 11.5. The molecule has 80 valence electrons. The first-order valence-electron chi connectivity index (χ1n) is 5.08. The molecule has 0 unspecified atom stereocenters. The van der Waals surface area contributed by atoms with Crippen LogP contribution in [-0.2, 0) is 4.74 Å². The van der Waals surface area contributed by atoms with E-state index in [-0.39, 0.29) is 0 Å². The molecule has 2 rings (SSSR count). The van der Waals surface area contributed by atoms with Crippen molar-refractivity contribution in [2.75, 3.05) is 26.3 Å². The van der Waals surface area contributed by atoms with Gasteiger partial charge in [0, 0.05) is 13.1 Å². The van der Waals surface area contributed by atoms with Crippen LogP contribution in [-0.4, -0.2) is 26.3 Å². The number of morpholine rings is 1. The molecule has 1 aliphatic heterocycles. The maximum Gasteiger partial charge on any atom is 0.0991 e. The van der Waals surface area contributed by atoms with Crippen LogP contribution in [0.1, 0.15) is 11.1 Å². The number of hydrogen-bond acceptors (Lipinski definition) is 3. The maximum atomic E-state index is 8.38. The van der Waals surface area contributed by atoms with Gasteiger partial charge in [0.05, 0.1) is 24.8 Å². The average Bonchev–Trinajstić information content (AvgIpc) is 2.33. The van der Waals surface area contributed by atoms with Crippen molar-refractivity contribution in [1.82, 2.24) is 5.32 Å². The van der Waals surface area contributed by atoms with Crippen LogP contribution in [0.15, 0.2) is 24.3 Å². The highest BCUT2D eigenvalue weighted by molar-refractivity contribution is 5.30. The molecular weight excluding hydrogens is 188 g/mol. The molecule has 1 aromatic carbocycles. The van der Waals surface area contributed by atoms with E-state index in [9.17, 15) is 0 Å². The first-order valence-corrected chi connectivity index (χ1v) is 5.08. The van der Waals surface area contributed by atoms with Crippen molar-refractivity contribution in [2.45, 2.75) is 6.92 Å². The summed E-state index contributed by atoms with van der Waals surface area (Å²) in [5.41, 5.74) is 1.91. The number of benzene rings is 1. The summed E-state index contributed by atoms with van der Waals surface area (Å²) in [7, 11) is 0. The van der Waals surface area contributed by atoms with E-state index in [0.717, 1.165) is 31.9 Å². The molecule has 0 aliphatic carbocycles. The van der Waals surface area contributed by atoms with Crippen molar-refractivity contribution in [3.05, 3.63) is 35.4 Å². The summed E-state index contributed by atoms with van der Waals surface area (Å²) in [6.45, 7) is 5.83. The lowest BCUT2D eigenvalue weighted by Gasteiger charge is -2.10. The van der Waals surface area contributed by atoms with Crippen molar-refractivity contribution in [1.29, 1.82) is 5.26 Å². The molecule has 0 bridgehead atoms. The Morgan fingerprint density at radius 1 is 1.20 bits per heavy atom. The van der Waals surface area contributed by atoms with E-state index in [2.05, 4.69) is 11.4 Å². The van der Waals surface area contributed by atoms with E-state index >= 15 is 0 Å². The second-order valence-electron chi connectivity index (χ2n) is 3.34. The molecule has 1 N–H and O–H groups in total. The van der Waals surface area contributed by atoms with Crippen LogP contribution in [0.4, 0.5) is 0 Å². The Labute approximate surface area is 90.7 Å². The van der Waals surface area contributed by atoms with E-state index in [1.54, 1.807) is 0 Å². The minimum absolute atomic E-state index is 0.723. The molecule has 15 heavy (non-hydrogen) atoms. The van der Waals surface area contributed by atoms with Crippen LogP contribution in [0, 0.1) is 18.3 Å². The van der Waals surface area contributed by atoms with Gasteiger partial charge in [-0.2, -0.15) is 5.26 Å². The Hall–Kier alpha value is -1.37. The highest BCUT2D eigenvalue weighted by Crippen LogP contribution is 1.99. The molecule has 1 aromatic rings. The van der Waals surface area contributed by atoms with E-state index < -0.39 is 0 Å². The van der Waals surface area contributed by atoms with E-state index in [0.29, 0.717) is 0 Å².